The maximum Gasteiger partial charge on any atom is 0.161 e. The number of aromatic nitrogens is 2. The summed E-state index contributed by atoms with van der Waals surface area (Å²) in [5.41, 5.74) is 3.11. The number of halogens is 1. The predicted octanol–water partition coefficient (Wildman–Crippen LogP) is 3.74. The molecule has 0 aliphatic rings. The van der Waals surface area contributed by atoms with Gasteiger partial charge in [0.2, 0.25) is 0 Å². The Hall–Kier alpha value is -2.71. The standard InChI is InChI=1S/C17H14ClN3O2/c1-22-14-5-3-11(9-15(14)23-2)17-13(7-8-19)21-10-12(18)4-6-16(21)20-17/h3-6,9-10H,7H2,1-2H3. The van der Waals surface area contributed by atoms with Crippen LogP contribution in [-0.4, -0.2) is 23.6 Å². The summed E-state index contributed by atoms with van der Waals surface area (Å²) in [6, 6.07) is 11.4. The Kier molecular flexibility index (Phi) is 4.09. The minimum atomic E-state index is 0.227. The molecule has 0 amide bonds. The smallest absolute Gasteiger partial charge is 0.161 e. The Morgan fingerprint density at radius 1 is 1.17 bits per heavy atom. The lowest BCUT2D eigenvalue weighted by Gasteiger charge is -2.09. The number of ether oxygens (including phenoxy) is 2. The van der Waals surface area contributed by atoms with Crippen LogP contribution in [0.2, 0.25) is 5.02 Å². The molecule has 6 heteroatoms. The molecular weight excluding hydrogens is 314 g/mol. The van der Waals surface area contributed by atoms with Crippen LogP contribution in [0.3, 0.4) is 0 Å². The molecule has 2 aromatic heterocycles. The number of nitrogens with zero attached hydrogens (tertiary/aromatic N) is 3. The Bertz CT molecular complexity index is 912. The molecule has 0 unspecified atom stereocenters. The number of benzene rings is 1. The van der Waals surface area contributed by atoms with E-state index in [9.17, 15) is 0 Å². The second kappa shape index (κ2) is 6.19. The summed E-state index contributed by atoms with van der Waals surface area (Å²) in [5, 5.41) is 9.74. The van der Waals surface area contributed by atoms with Gasteiger partial charge < -0.3 is 13.9 Å². The Morgan fingerprint density at radius 3 is 2.65 bits per heavy atom. The Labute approximate surface area is 138 Å². The second-order valence-corrected chi connectivity index (χ2v) is 5.32. The van der Waals surface area contributed by atoms with Gasteiger partial charge in [-0.2, -0.15) is 5.26 Å². The number of fused-ring (bicyclic) bond motifs is 1. The molecule has 0 spiro atoms. The van der Waals surface area contributed by atoms with Gasteiger partial charge >= 0.3 is 0 Å². The van der Waals surface area contributed by atoms with E-state index in [2.05, 4.69) is 11.1 Å². The van der Waals surface area contributed by atoms with Crippen molar-refractivity contribution in [2.75, 3.05) is 14.2 Å². The maximum atomic E-state index is 9.15. The number of hydrogen-bond donors (Lipinski definition) is 0. The molecule has 23 heavy (non-hydrogen) atoms. The van der Waals surface area contributed by atoms with Crippen LogP contribution in [-0.2, 0) is 6.42 Å². The van der Waals surface area contributed by atoms with Crippen LogP contribution in [0.5, 0.6) is 11.5 Å². The third-order valence-electron chi connectivity index (χ3n) is 3.58. The zero-order valence-corrected chi connectivity index (χ0v) is 13.5. The van der Waals surface area contributed by atoms with Crippen LogP contribution in [0.25, 0.3) is 16.9 Å². The Balaban J connectivity index is 2.23. The molecule has 2 heterocycles. The third-order valence-corrected chi connectivity index (χ3v) is 3.81. The van der Waals surface area contributed by atoms with E-state index in [1.807, 2.05) is 28.7 Å². The predicted molar refractivity (Wildman–Crippen MR) is 88.1 cm³/mol. The first kappa shape index (κ1) is 15.2. The topological polar surface area (TPSA) is 59.5 Å². The quantitative estimate of drug-likeness (QED) is 0.732. The van der Waals surface area contributed by atoms with Crippen molar-refractivity contribution in [1.82, 2.24) is 9.38 Å². The first-order chi connectivity index (χ1) is 11.2. The van der Waals surface area contributed by atoms with E-state index >= 15 is 0 Å². The fourth-order valence-electron chi connectivity index (χ4n) is 2.53. The van der Waals surface area contributed by atoms with Crippen LogP contribution in [0.4, 0.5) is 0 Å². The average molecular weight is 328 g/mol. The number of rotatable bonds is 4. The van der Waals surface area contributed by atoms with Crippen LogP contribution >= 0.6 is 11.6 Å². The minimum absolute atomic E-state index is 0.227. The van der Waals surface area contributed by atoms with E-state index in [1.165, 1.54) is 0 Å². The molecule has 3 rings (SSSR count). The molecule has 1 aromatic carbocycles. The fraction of sp³-hybridized carbons (Fsp3) is 0.176. The zero-order valence-electron chi connectivity index (χ0n) is 12.7. The normalized spacial score (nSPS) is 10.5. The zero-order chi connectivity index (χ0) is 16.4. The van der Waals surface area contributed by atoms with Crippen LogP contribution in [0, 0.1) is 11.3 Å². The largest absolute Gasteiger partial charge is 0.493 e. The molecule has 0 atom stereocenters. The maximum absolute atomic E-state index is 9.15. The summed E-state index contributed by atoms with van der Waals surface area (Å²) in [6.45, 7) is 0. The van der Waals surface area contributed by atoms with Crippen molar-refractivity contribution in [3.63, 3.8) is 0 Å². The van der Waals surface area contributed by atoms with Crippen molar-refractivity contribution in [3.05, 3.63) is 47.2 Å². The van der Waals surface area contributed by atoms with Gasteiger partial charge in [-0.05, 0) is 30.3 Å². The molecule has 0 fully saturated rings. The first-order valence-electron chi connectivity index (χ1n) is 6.93. The molecule has 5 nitrogen and oxygen atoms in total. The van der Waals surface area contributed by atoms with E-state index < -0.39 is 0 Å². The summed E-state index contributed by atoms with van der Waals surface area (Å²) in [5.74, 6) is 1.26. The second-order valence-electron chi connectivity index (χ2n) is 4.89. The monoisotopic (exact) mass is 327 g/mol. The van der Waals surface area contributed by atoms with Gasteiger partial charge in [0.1, 0.15) is 5.65 Å². The molecule has 116 valence electrons. The van der Waals surface area contributed by atoms with Crippen molar-refractivity contribution in [2.45, 2.75) is 6.42 Å². The number of imidazole rings is 1. The summed E-state index contributed by atoms with van der Waals surface area (Å²) < 4.78 is 12.4. The molecule has 0 saturated carbocycles. The van der Waals surface area contributed by atoms with E-state index in [-0.39, 0.29) is 6.42 Å². The van der Waals surface area contributed by atoms with E-state index in [1.54, 1.807) is 26.5 Å². The van der Waals surface area contributed by atoms with Gasteiger partial charge in [-0.25, -0.2) is 4.98 Å². The molecule has 0 aliphatic heterocycles. The van der Waals surface area contributed by atoms with E-state index in [0.717, 1.165) is 22.6 Å². The molecule has 0 saturated heterocycles. The highest BCUT2D eigenvalue weighted by Crippen LogP contribution is 2.34. The minimum Gasteiger partial charge on any atom is -0.493 e. The van der Waals surface area contributed by atoms with Crippen molar-refractivity contribution >= 4 is 17.2 Å². The van der Waals surface area contributed by atoms with Gasteiger partial charge in [-0.3, -0.25) is 0 Å². The van der Waals surface area contributed by atoms with Gasteiger partial charge in [-0.15, -0.1) is 0 Å². The lowest BCUT2D eigenvalue weighted by atomic mass is 10.1. The molecule has 0 bridgehead atoms. The average Bonchev–Trinajstić information content (AvgIpc) is 2.92. The highest BCUT2D eigenvalue weighted by molar-refractivity contribution is 6.30. The molecular formula is C17H14ClN3O2. The fourth-order valence-corrected chi connectivity index (χ4v) is 2.69. The molecule has 0 N–H and O–H groups in total. The van der Waals surface area contributed by atoms with Crippen molar-refractivity contribution in [2.24, 2.45) is 0 Å². The van der Waals surface area contributed by atoms with Gasteiger partial charge in [0.15, 0.2) is 11.5 Å². The van der Waals surface area contributed by atoms with Crippen molar-refractivity contribution in [1.29, 1.82) is 5.26 Å². The van der Waals surface area contributed by atoms with Crippen LogP contribution < -0.4 is 9.47 Å². The van der Waals surface area contributed by atoms with E-state index in [4.69, 9.17) is 26.3 Å². The van der Waals surface area contributed by atoms with Crippen LogP contribution in [0.1, 0.15) is 5.69 Å². The SMILES string of the molecule is COc1ccc(-c2nc3ccc(Cl)cn3c2CC#N)cc1OC. The summed E-state index contributed by atoms with van der Waals surface area (Å²) in [6.07, 6.45) is 1.99. The summed E-state index contributed by atoms with van der Waals surface area (Å²) >= 11 is 6.07. The van der Waals surface area contributed by atoms with Crippen molar-refractivity contribution < 1.29 is 9.47 Å². The van der Waals surface area contributed by atoms with E-state index in [0.29, 0.717) is 16.5 Å². The number of nitriles is 1. The highest BCUT2D eigenvalue weighted by Gasteiger charge is 2.16. The molecule has 0 aliphatic carbocycles. The molecule has 0 radical (unpaired) electrons. The van der Waals surface area contributed by atoms with Crippen molar-refractivity contribution in [3.8, 4) is 28.8 Å². The van der Waals surface area contributed by atoms with Gasteiger partial charge in [-0.1, -0.05) is 11.6 Å². The summed E-state index contributed by atoms with van der Waals surface area (Å²) in [4.78, 5) is 4.63. The lowest BCUT2D eigenvalue weighted by Crippen LogP contribution is -1.95. The highest BCUT2D eigenvalue weighted by atomic mass is 35.5. The third kappa shape index (κ3) is 2.69. The van der Waals surface area contributed by atoms with Gasteiger partial charge in [0, 0.05) is 11.8 Å². The van der Waals surface area contributed by atoms with Gasteiger partial charge in [0.05, 0.1) is 43.1 Å². The number of methoxy groups -OCH3 is 2. The van der Waals surface area contributed by atoms with Crippen LogP contribution in [0.15, 0.2) is 36.5 Å². The molecule has 3 aromatic rings. The number of pyridine rings is 1. The van der Waals surface area contributed by atoms with Gasteiger partial charge in [0.25, 0.3) is 0 Å². The lowest BCUT2D eigenvalue weighted by molar-refractivity contribution is 0.355. The first-order valence-corrected chi connectivity index (χ1v) is 7.31. The summed E-state index contributed by atoms with van der Waals surface area (Å²) in [7, 11) is 3.17. The number of hydrogen-bond acceptors (Lipinski definition) is 4. The Morgan fingerprint density at radius 2 is 1.96 bits per heavy atom.